The van der Waals surface area contributed by atoms with Crippen molar-refractivity contribution in [2.75, 3.05) is 7.11 Å². The molecule has 0 aliphatic carbocycles. The topological polar surface area (TPSA) is 60.3 Å². The molecule has 0 aliphatic rings. The fourth-order valence-corrected chi connectivity index (χ4v) is 4.53. The molecule has 2 aromatic carbocycles. The highest BCUT2D eigenvalue weighted by Gasteiger charge is 2.25. The standard InChI is InChI=1S/C25H24N2O3S/c1-30-25(29)20(16-19-10-6-3-7-11-19)26-24(28)22-17-23-21(13-15-31-23)27(22)14-12-18-8-4-2-5-9-18/h2-11,13,15,17,20H,12,14,16H2,1H3,(H,26,28). The van der Waals surface area contributed by atoms with Crippen molar-refractivity contribution in [1.29, 1.82) is 0 Å². The van der Waals surface area contributed by atoms with Crippen LogP contribution in [0.5, 0.6) is 0 Å². The minimum atomic E-state index is -0.754. The Balaban J connectivity index is 1.57. The maximum absolute atomic E-state index is 13.2. The van der Waals surface area contributed by atoms with E-state index in [-0.39, 0.29) is 5.91 Å². The predicted molar refractivity (Wildman–Crippen MR) is 123 cm³/mol. The Kier molecular flexibility index (Phi) is 6.48. The number of hydrogen-bond acceptors (Lipinski definition) is 4. The summed E-state index contributed by atoms with van der Waals surface area (Å²) in [5.41, 5.74) is 3.75. The molecule has 2 aromatic heterocycles. The van der Waals surface area contributed by atoms with Gasteiger partial charge in [0.15, 0.2) is 0 Å². The zero-order valence-electron chi connectivity index (χ0n) is 17.3. The minimum absolute atomic E-state index is 0.275. The van der Waals surface area contributed by atoms with Crippen LogP contribution in [-0.2, 0) is 28.9 Å². The third kappa shape index (κ3) is 4.86. The molecule has 5 nitrogen and oxygen atoms in total. The number of carbonyl (C=O) groups excluding carboxylic acids is 2. The van der Waals surface area contributed by atoms with Crippen molar-refractivity contribution in [2.24, 2.45) is 0 Å². The van der Waals surface area contributed by atoms with E-state index in [0.717, 1.165) is 22.2 Å². The van der Waals surface area contributed by atoms with Gasteiger partial charge in [0.2, 0.25) is 0 Å². The minimum Gasteiger partial charge on any atom is -0.467 e. The molecule has 6 heteroatoms. The van der Waals surface area contributed by atoms with Gasteiger partial charge in [0.25, 0.3) is 5.91 Å². The summed E-state index contributed by atoms with van der Waals surface area (Å²) < 4.78 is 8.03. The van der Waals surface area contributed by atoms with Gasteiger partial charge < -0.3 is 14.6 Å². The lowest BCUT2D eigenvalue weighted by Gasteiger charge is -2.18. The van der Waals surface area contributed by atoms with E-state index in [1.807, 2.05) is 70.6 Å². The zero-order valence-corrected chi connectivity index (χ0v) is 18.1. The van der Waals surface area contributed by atoms with E-state index in [9.17, 15) is 9.59 Å². The van der Waals surface area contributed by atoms with Gasteiger partial charge in [0.05, 0.1) is 17.3 Å². The van der Waals surface area contributed by atoms with Crippen molar-refractivity contribution in [3.63, 3.8) is 0 Å². The van der Waals surface area contributed by atoms with Crippen LogP contribution >= 0.6 is 11.3 Å². The summed E-state index contributed by atoms with van der Waals surface area (Å²) in [5, 5.41) is 4.92. The molecule has 0 aliphatic heterocycles. The van der Waals surface area contributed by atoms with Crippen molar-refractivity contribution in [3.05, 3.63) is 95.0 Å². The number of hydrogen-bond donors (Lipinski definition) is 1. The number of ether oxygens (including phenoxy) is 1. The zero-order chi connectivity index (χ0) is 21.6. The number of esters is 1. The number of rotatable bonds is 8. The molecule has 158 valence electrons. The third-order valence-corrected chi connectivity index (χ3v) is 6.15. The van der Waals surface area contributed by atoms with Gasteiger partial charge in [-0.25, -0.2) is 4.79 Å². The number of nitrogens with zero attached hydrogens (tertiary/aromatic N) is 1. The number of aryl methyl sites for hydroxylation is 2. The van der Waals surface area contributed by atoms with Crippen LogP contribution < -0.4 is 5.32 Å². The number of thiophene rings is 1. The Morgan fingerprint density at radius 2 is 1.68 bits per heavy atom. The SMILES string of the molecule is COC(=O)C(Cc1ccccc1)NC(=O)c1cc2sccc2n1CCc1ccccc1. The van der Waals surface area contributed by atoms with Crippen LogP contribution in [0.15, 0.2) is 78.2 Å². The maximum atomic E-state index is 13.2. The molecule has 0 spiro atoms. The highest BCUT2D eigenvalue weighted by atomic mass is 32.1. The van der Waals surface area contributed by atoms with Crippen LogP contribution in [0.3, 0.4) is 0 Å². The summed E-state index contributed by atoms with van der Waals surface area (Å²) in [6.45, 7) is 0.675. The highest BCUT2D eigenvalue weighted by Crippen LogP contribution is 2.26. The van der Waals surface area contributed by atoms with Crippen LogP contribution in [0.4, 0.5) is 0 Å². The second-order valence-corrected chi connectivity index (χ2v) is 8.27. The first-order chi connectivity index (χ1) is 15.2. The molecule has 0 saturated heterocycles. The fraction of sp³-hybridized carbons (Fsp3) is 0.200. The summed E-state index contributed by atoms with van der Waals surface area (Å²) in [5.74, 6) is -0.732. The van der Waals surface area contributed by atoms with E-state index in [2.05, 4.69) is 17.4 Å². The van der Waals surface area contributed by atoms with Crippen molar-refractivity contribution < 1.29 is 14.3 Å². The number of nitrogens with one attached hydrogen (secondary N) is 1. The second-order valence-electron chi connectivity index (χ2n) is 7.33. The maximum Gasteiger partial charge on any atom is 0.328 e. The van der Waals surface area contributed by atoms with Gasteiger partial charge in [-0.05, 0) is 35.1 Å². The van der Waals surface area contributed by atoms with Crippen LogP contribution in [0.25, 0.3) is 10.2 Å². The molecule has 1 unspecified atom stereocenters. The van der Waals surface area contributed by atoms with Gasteiger partial charge in [0, 0.05) is 13.0 Å². The van der Waals surface area contributed by atoms with Gasteiger partial charge in [-0.3, -0.25) is 4.79 Å². The van der Waals surface area contributed by atoms with E-state index in [0.29, 0.717) is 18.7 Å². The van der Waals surface area contributed by atoms with Crippen molar-refractivity contribution in [1.82, 2.24) is 9.88 Å². The monoisotopic (exact) mass is 432 g/mol. The quantitative estimate of drug-likeness (QED) is 0.418. The Morgan fingerprint density at radius 1 is 1.00 bits per heavy atom. The molecule has 0 fully saturated rings. The highest BCUT2D eigenvalue weighted by molar-refractivity contribution is 7.17. The average molecular weight is 433 g/mol. The van der Waals surface area contributed by atoms with Crippen molar-refractivity contribution >= 4 is 33.4 Å². The summed E-state index contributed by atoms with van der Waals surface area (Å²) >= 11 is 1.60. The van der Waals surface area contributed by atoms with Crippen LogP contribution in [0.1, 0.15) is 21.6 Å². The van der Waals surface area contributed by atoms with Crippen LogP contribution in [0.2, 0.25) is 0 Å². The lowest BCUT2D eigenvalue weighted by atomic mass is 10.1. The molecular formula is C25H24N2O3S. The molecule has 4 rings (SSSR count). The van der Waals surface area contributed by atoms with Crippen LogP contribution in [0, 0.1) is 0 Å². The number of carbonyl (C=O) groups is 2. The second kappa shape index (κ2) is 9.62. The fourth-order valence-electron chi connectivity index (χ4n) is 3.71. The molecule has 2 heterocycles. The summed E-state index contributed by atoms with van der Waals surface area (Å²) in [7, 11) is 1.34. The number of aromatic nitrogens is 1. The summed E-state index contributed by atoms with van der Waals surface area (Å²) in [6.07, 6.45) is 1.18. The molecule has 31 heavy (non-hydrogen) atoms. The van der Waals surface area contributed by atoms with Crippen molar-refractivity contribution in [2.45, 2.75) is 25.4 Å². The van der Waals surface area contributed by atoms with Crippen molar-refractivity contribution in [3.8, 4) is 0 Å². The Morgan fingerprint density at radius 3 is 2.35 bits per heavy atom. The normalized spacial score (nSPS) is 11.9. The smallest absolute Gasteiger partial charge is 0.328 e. The molecule has 1 N–H and O–H groups in total. The molecule has 1 atom stereocenters. The van der Waals surface area contributed by atoms with E-state index in [4.69, 9.17) is 4.74 Å². The number of amides is 1. The van der Waals surface area contributed by atoms with Gasteiger partial charge in [-0.1, -0.05) is 60.7 Å². The van der Waals surface area contributed by atoms with E-state index < -0.39 is 12.0 Å². The first-order valence-electron chi connectivity index (χ1n) is 10.2. The van der Waals surface area contributed by atoms with E-state index >= 15 is 0 Å². The first-order valence-corrected chi connectivity index (χ1v) is 11.1. The molecule has 0 saturated carbocycles. The van der Waals surface area contributed by atoms with Gasteiger partial charge >= 0.3 is 5.97 Å². The Labute approximate surface area is 185 Å². The lowest BCUT2D eigenvalue weighted by molar-refractivity contribution is -0.142. The molecule has 4 aromatic rings. The average Bonchev–Trinajstić information content (AvgIpc) is 3.40. The molecule has 0 radical (unpaired) electrons. The molecule has 1 amide bonds. The number of methoxy groups -OCH3 is 1. The van der Waals surface area contributed by atoms with Gasteiger partial charge in [0.1, 0.15) is 11.7 Å². The third-order valence-electron chi connectivity index (χ3n) is 5.30. The molecular weight excluding hydrogens is 408 g/mol. The summed E-state index contributed by atoms with van der Waals surface area (Å²) in [6, 6.07) is 23.0. The predicted octanol–water partition coefficient (Wildman–Crippen LogP) is 4.46. The van der Waals surface area contributed by atoms with E-state index in [1.54, 1.807) is 11.3 Å². The number of fused-ring (bicyclic) bond motifs is 1. The van der Waals surface area contributed by atoms with Gasteiger partial charge in [-0.2, -0.15) is 0 Å². The molecule has 0 bridgehead atoms. The van der Waals surface area contributed by atoms with E-state index in [1.165, 1.54) is 12.7 Å². The van der Waals surface area contributed by atoms with Gasteiger partial charge in [-0.15, -0.1) is 11.3 Å². The Bertz CT molecular complexity index is 1170. The first kappa shape index (κ1) is 20.9. The summed E-state index contributed by atoms with van der Waals surface area (Å²) in [4.78, 5) is 25.6. The largest absolute Gasteiger partial charge is 0.467 e. The number of benzene rings is 2. The Hall–Kier alpha value is -3.38. The van der Waals surface area contributed by atoms with Crippen LogP contribution in [-0.4, -0.2) is 29.6 Å². The lowest BCUT2D eigenvalue weighted by Crippen LogP contribution is -2.43.